The van der Waals surface area contributed by atoms with Gasteiger partial charge in [-0.05, 0) is 36.6 Å². The van der Waals surface area contributed by atoms with E-state index >= 15 is 0 Å². The summed E-state index contributed by atoms with van der Waals surface area (Å²) in [7, 11) is 1.77. The lowest BCUT2D eigenvalue weighted by Gasteiger charge is -2.04. The third kappa shape index (κ3) is 3.55. The molecule has 0 heterocycles. The molecular weight excluding hydrogens is 182 g/mol. The number of hydrogen-bond donors (Lipinski definition) is 0. The SMILES string of the molecule is CN=C/C=C\C=C(/C)c1ccccc1C. The Bertz CT molecular complexity index is 398. The van der Waals surface area contributed by atoms with Gasteiger partial charge in [-0.25, -0.2) is 0 Å². The quantitative estimate of drug-likeness (QED) is 0.520. The molecule has 0 atom stereocenters. The Kier molecular flexibility index (Phi) is 4.55. The zero-order valence-corrected chi connectivity index (χ0v) is 9.57. The zero-order chi connectivity index (χ0) is 11.1. The Labute approximate surface area is 91.9 Å². The van der Waals surface area contributed by atoms with Gasteiger partial charge in [0.05, 0.1) is 0 Å². The van der Waals surface area contributed by atoms with Crippen LogP contribution in [0.1, 0.15) is 18.1 Å². The Morgan fingerprint density at radius 3 is 2.60 bits per heavy atom. The van der Waals surface area contributed by atoms with Crippen molar-refractivity contribution in [3.05, 3.63) is 53.6 Å². The van der Waals surface area contributed by atoms with Crippen molar-refractivity contribution in [1.82, 2.24) is 0 Å². The molecule has 0 aromatic heterocycles. The first-order chi connectivity index (χ1) is 7.25. The van der Waals surface area contributed by atoms with Crippen molar-refractivity contribution in [2.24, 2.45) is 4.99 Å². The maximum Gasteiger partial charge on any atom is 0.0277 e. The van der Waals surface area contributed by atoms with Crippen LogP contribution in [-0.4, -0.2) is 13.3 Å². The summed E-state index contributed by atoms with van der Waals surface area (Å²) >= 11 is 0. The fourth-order valence-corrected chi connectivity index (χ4v) is 1.44. The predicted octanol–water partition coefficient (Wildman–Crippen LogP) is 3.66. The average Bonchev–Trinajstić information content (AvgIpc) is 2.25. The van der Waals surface area contributed by atoms with E-state index in [0.29, 0.717) is 0 Å². The van der Waals surface area contributed by atoms with Gasteiger partial charge in [-0.2, -0.15) is 0 Å². The molecule has 0 unspecified atom stereocenters. The van der Waals surface area contributed by atoms with Crippen LogP contribution in [0.3, 0.4) is 0 Å². The summed E-state index contributed by atoms with van der Waals surface area (Å²) in [6, 6.07) is 8.40. The van der Waals surface area contributed by atoms with Crippen LogP contribution in [0.4, 0.5) is 0 Å². The van der Waals surface area contributed by atoms with E-state index in [4.69, 9.17) is 0 Å². The van der Waals surface area contributed by atoms with Crippen LogP contribution in [0.5, 0.6) is 0 Å². The Morgan fingerprint density at radius 2 is 1.93 bits per heavy atom. The number of nitrogens with zero attached hydrogens (tertiary/aromatic N) is 1. The van der Waals surface area contributed by atoms with Gasteiger partial charge < -0.3 is 0 Å². The van der Waals surface area contributed by atoms with Gasteiger partial charge in [0.1, 0.15) is 0 Å². The third-order valence-corrected chi connectivity index (χ3v) is 2.26. The normalized spacial score (nSPS) is 12.9. The second-order valence-electron chi connectivity index (χ2n) is 3.46. The molecule has 0 aliphatic heterocycles. The highest BCUT2D eigenvalue weighted by molar-refractivity contribution is 5.73. The summed E-state index contributed by atoms with van der Waals surface area (Å²) in [4.78, 5) is 3.88. The summed E-state index contributed by atoms with van der Waals surface area (Å²) in [5, 5.41) is 0. The molecule has 78 valence electrons. The van der Waals surface area contributed by atoms with E-state index in [1.807, 2.05) is 12.2 Å². The Hall–Kier alpha value is -1.63. The van der Waals surface area contributed by atoms with Crippen molar-refractivity contribution >= 4 is 11.8 Å². The minimum atomic E-state index is 1.27. The molecule has 15 heavy (non-hydrogen) atoms. The molecule has 0 spiro atoms. The number of allylic oxidation sites excluding steroid dienone is 4. The fraction of sp³-hybridized carbons (Fsp3) is 0.214. The molecule has 0 saturated heterocycles. The molecule has 1 aromatic rings. The monoisotopic (exact) mass is 199 g/mol. The van der Waals surface area contributed by atoms with Gasteiger partial charge in [0.2, 0.25) is 0 Å². The number of benzene rings is 1. The second kappa shape index (κ2) is 5.97. The van der Waals surface area contributed by atoms with Gasteiger partial charge in [-0.15, -0.1) is 0 Å². The van der Waals surface area contributed by atoms with Crippen molar-refractivity contribution in [3.8, 4) is 0 Å². The van der Waals surface area contributed by atoms with Gasteiger partial charge in [0.25, 0.3) is 0 Å². The largest absolute Gasteiger partial charge is 0.297 e. The lowest BCUT2D eigenvalue weighted by Crippen LogP contribution is -1.83. The first-order valence-electron chi connectivity index (χ1n) is 5.07. The van der Waals surface area contributed by atoms with E-state index in [2.05, 4.69) is 49.2 Å². The molecule has 1 nitrogen and oxygen atoms in total. The van der Waals surface area contributed by atoms with Crippen LogP contribution in [0.25, 0.3) is 5.57 Å². The highest BCUT2D eigenvalue weighted by atomic mass is 14.6. The number of rotatable bonds is 3. The van der Waals surface area contributed by atoms with Gasteiger partial charge in [0, 0.05) is 13.3 Å². The topological polar surface area (TPSA) is 12.4 Å². The van der Waals surface area contributed by atoms with Gasteiger partial charge in [-0.1, -0.05) is 36.4 Å². The van der Waals surface area contributed by atoms with Crippen LogP contribution in [-0.2, 0) is 0 Å². The van der Waals surface area contributed by atoms with E-state index in [9.17, 15) is 0 Å². The maximum atomic E-state index is 3.88. The summed E-state index contributed by atoms with van der Waals surface area (Å²) in [5.41, 5.74) is 3.88. The van der Waals surface area contributed by atoms with E-state index in [0.717, 1.165) is 0 Å². The van der Waals surface area contributed by atoms with Crippen molar-refractivity contribution in [2.45, 2.75) is 13.8 Å². The van der Waals surface area contributed by atoms with E-state index in [1.165, 1.54) is 16.7 Å². The smallest absolute Gasteiger partial charge is 0.0277 e. The van der Waals surface area contributed by atoms with Crippen LogP contribution in [0.2, 0.25) is 0 Å². The number of aryl methyl sites for hydroxylation is 1. The lowest BCUT2D eigenvalue weighted by molar-refractivity contribution is 1.41. The predicted molar refractivity (Wildman–Crippen MR) is 68.4 cm³/mol. The maximum absolute atomic E-state index is 3.88. The second-order valence-corrected chi connectivity index (χ2v) is 3.46. The minimum Gasteiger partial charge on any atom is -0.297 e. The first-order valence-corrected chi connectivity index (χ1v) is 5.07. The van der Waals surface area contributed by atoms with Gasteiger partial charge in [0.15, 0.2) is 0 Å². The molecule has 0 aliphatic rings. The van der Waals surface area contributed by atoms with Crippen molar-refractivity contribution < 1.29 is 0 Å². The first kappa shape index (κ1) is 11.4. The summed E-state index contributed by atoms with van der Waals surface area (Å²) < 4.78 is 0. The van der Waals surface area contributed by atoms with Gasteiger partial charge >= 0.3 is 0 Å². The molecular formula is C14H17N. The molecule has 0 radical (unpaired) electrons. The summed E-state index contributed by atoms with van der Waals surface area (Å²) in [5.74, 6) is 0. The standard InChI is InChI=1S/C14H17N/c1-12-8-4-5-10-14(12)13(2)9-6-7-11-15-3/h4-11H,1-3H3/b7-6-,13-9+,15-11?. The number of hydrogen-bond acceptors (Lipinski definition) is 1. The average molecular weight is 199 g/mol. The molecule has 0 aliphatic carbocycles. The van der Waals surface area contributed by atoms with Crippen LogP contribution in [0.15, 0.2) is 47.5 Å². The van der Waals surface area contributed by atoms with Crippen molar-refractivity contribution in [2.75, 3.05) is 7.05 Å². The van der Waals surface area contributed by atoms with Crippen molar-refractivity contribution in [3.63, 3.8) is 0 Å². The summed E-state index contributed by atoms with van der Waals surface area (Å²) in [6.07, 6.45) is 7.82. The van der Waals surface area contributed by atoms with Crippen molar-refractivity contribution in [1.29, 1.82) is 0 Å². The molecule has 0 fully saturated rings. The molecule has 1 aromatic carbocycles. The highest BCUT2D eigenvalue weighted by Crippen LogP contribution is 2.17. The molecule has 1 heteroatoms. The zero-order valence-electron chi connectivity index (χ0n) is 9.57. The molecule has 0 saturated carbocycles. The molecule has 0 N–H and O–H groups in total. The van der Waals surface area contributed by atoms with Crippen LogP contribution in [0, 0.1) is 6.92 Å². The number of aliphatic imine (C=N–C) groups is 1. The highest BCUT2D eigenvalue weighted by Gasteiger charge is 1.96. The lowest BCUT2D eigenvalue weighted by atomic mass is 10.0. The third-order valence-electron chi connectivity index (χ3n) is 2.26. The van der Waals surface area contributed by atoms with E-state index < -0.39 is 0 Å². The van der Waals surface area contributed by atoms with Gasteiger partial charge in [-0.3, -0.25) is 4.99 Å². The summed E-state index contributed by atoms with van der Waals surface area (Å²) in [6.45, 7) is 4.25. The fourth-order valence-electron chi connectivity index (χ4n) is 1.44. The minimum absolute atomic E-state index is 1.27. The van der Waals surface area contributed by atoms with Crippen LogP contribution >= 0.6 is 0 Å². The van der Waals surface area contributed by atoms with Crippen LogP contribution < -0.4 is 0 Å². The molecule has 0 bridgehead atoms. The van der Waals surface area contributed by atoms with E-state index in [1.54, 1.807) is 13.3 Å². The Morgan fingerprint density at radius 1 is 1.20 bits per heavy atom. The van der Waals surface area contributed by atoms with E-state index in [-0.39, 0.29) is 0 Å². The molecule has 1 rings (SSSR count). The Balaban J connectivity index is 2.85. The molecule has 0 amide bonds.